The Bertz CT molecular complexity index is 716. The van der Waals surface area contributed by atoms with E-state index in [2.05, 4.69) is 27.3 Å². The zero-order valence-electron chi connectivity index (χ0n) is 17.3. The van der Waals surface area contributed by atoms with Gasteiger partial charge in [0, 0.05) is 39.1 Å². The summed E-state index contributed by atoms with van der Waals surface area (Å²) in [6, 6.07) is 8.90. The molecule has 1 unspecified atom stereocenters. The first-order chi connectivity index (χ1) is 14.1. The Balaban J connectivity index is 1.54. The average Bonchev–Trinajstić information content (AvgIpc) is 3.19. The third-order valence-electron chi connectivity index (χ3n) is 5.29. The zero-order chi connectivity index (χ0) is 20.6. The van der Waals surface area contributed by atoms with Crippen molar-refractivity contribution < 1.29 is 14.3 Å². The molecule has 1 aromatic rings. The van der Waals surface area contributed by atoms with E-state index in [4.69, 9.17) is 4.74 Å². The van der Waals surface area contributed by atoms with Crippen LogP contribution in [0, 0.1) is 0 Å². The summed E-state index contributed by atoms with van der Waals surface area (Å²) < 4.78 is 5.07. The number of nitrogens with one attached hydrogen (secondary N) is 1. The van der Waals surface area contributed by atoms with Crippen LogP contribution in [0.25, 0.3) is 0 Å². The molecule has 0 aliphatic carbocycles. The number of likely N-dealkylation sites (N-methyl/N-ethyl adjacent to an activating group) is 1. The molecule has 0 radical (unpaired) electrons. The number of rotatable bonds is 8. The summed E-state index contributed by atoms with van der Waals surface area (Å²) in [4.78, 5) is 29.7. The first-order valence-electron chi connectivity index (χ1n) is 10.4. The van der Waals surface area contributed by atoms with Gasteiger partial charge in [0.25, 0.3) is 0 Å². The van der Waals surface area contributed by atoms with Gasteiger partial charge in [0.1, 0.15) is 11.8 Å². The molecule has 0 spiro atoms. The second-order valence-corrected chi connectivity index (χ2v) is 7.46. The molecule has 1 amide bonds. The summed E-state index contributed by atoms with van der Waals surface area (Å²) in [7, 11) is 2.14. The lowest BCUT2D eigenvalue weighted by Gasteiger charge is -2.32. The number of piperazine rings is 1. The largest absolute Gasteiger partial charge is 0.461 e. The molecule has 3 rings (SSSR count). The van der Waals surface area contributed by atoms with Gasteiger partial charge < -0.3 is 19.9 Å². The number of carbonyl (C=O) groups is 2. The van der Waals surface area contributed by atoms with E-state index in [9.17, 15) is 9.59 Å². The molecule has 1 aromatic carbocycles. The summed E-state index contributed by atoms with van der Waals surface area (Å²) in [5.74, 6) is -0.575. The SMILES string of the molecule is CCOC(=O)C1=NN(c2ccccc2)C(C(=O)NCCCN2CCN(C)CC2)C1. The van der Waals surface area contributed by atoms with E-state index >= 15 is 0 Å². The van der Waals surface area contributed by atoms with Crippen LogP contribution in [-0.4, -0.2) is 86.4 Å². The van der Waals surface area contributed by atoms with Crippen LogP contribution >= 0.6 is 0 Å². The van der Waals surface area contributed by atoms with Crippen LogP contribution in [-0.2, 0) is 14.3 Å². The molecule has 0 bridgehead atoms. The van der Waals surface area contributed by atoms with Crippen molar-refractivity contribution in [2.75, 3.05) is 57.9 Å². The second kappa shape index (κ2) is 10.4. The molecule has 2 heterocycles. The second-order valence-electron chi connectivity index (χ2n) is 7.46. The molecule has 1 saturated heterocycles. The van der Waals surface area contributed by atoms with Crippen LogP contribution in [0.2, 0.25) is 0 Å². The fraction of sp³-hybridized carbons (Fsp3) is 0.571. The van der Waals surface area contributed by atoms with Gasteiger partial charge in [-0.1, -0.05) is 18.2 Å². The number of anilines is 1. The normalized spacial score (nSPS) is 20.4. The number of nitrogens with zero attached hydrogens (tertiary/aromatic N) is 4. The van der Waals surface area contributed by atoms with Gasteiger partial charge in [0.15, 0.2) is 0 Å². The predicted octanol–water partition coefficient (Wildman–Crippen LogP) is 0.938. The first-order valence-corrected chi connectivity index (χ1v) is 10.4. The Morgan fingerprint density at radius 1 is 1.17 bits per heavy atom. The number of benzene rings is 1. The summed E-state index contributed by atoms with van der Waals surface area (Å²) in [6.07, 6.45) is 1.15. The minimum atomic E-state index is -0.541. The fourth-order valence-electron chi connectivity index (χ4n) is 3.57. The van der Waals surface area contributed by atoms with Crippen molar-refractivity contribution in [3.05, 3.63) is 30.3 Å². The van der Waals surface area contributed by atoms with Crippen LogP contribution < -0.4 is 10.3 Å². The smallest absolute Gasteiger partial charge is 0.354 e. The Hall–Kier alpha value is -2.45. The minimum absolute atomic E-state index is 0.115. The number of hydrazone groups is 1. The number of para-hydroxylation sites is 1. The molecule has 29 heavy (non-hydrogen) atoms. The van der Waals surface area contributed by atoms with Crippen LogP contribution in [0.3, 0.4) is 0 Å². The van der Waals surface area contributed by atoms with E-state index in [-0.39, 0.29) is 24.6 Å². The van der Waals surface area contributed by atoms with Crippen molar-refractivity contribution in [2.24, 2.45) is 5.10 Å². The van der Waals surface area contributed by atoms with E-state index in [0.717, 1.165) is 44.8 Å². The molecule has 0 aromatic heterocycles. The lowest BCUT2D eigenvalue weighted by molar-refractivity contribution is -0.135. The molecule has 8 heteroatoms. The van der Waals surface area contributed by atoms with Gasteiger partial charge in [-0.2, -0.15) is 5.10 Å². The van der Waals surface area contributed by atoms with Gasteiger partial charge >= 0.3 is 5.97 Å². The van der Waals surface area contributed by atoms with Crippen molar-refractivity contribution in [2.45, 2.75) is 25.8 Å². The third-order valence-corrected chi connectivity index (χ3v) is 5.29. The standard InChI is InChI=1S/C21H31N5O3/c1-3-29-21(28)18-16-19(26(23-18)17-8-5-4-6-9-17)20(27)22-10-7-11-25-14-12-24(2)13-15-25/h4-6,8-9,19H,3,7,10-16H2,1-2H3,(H,22,27). The maximum absolute atomic E-state index is 12.9. The maximum atomic E-state index is 12.9. The molecule has 8 nitrogen and oxygen atoms in total. The summed E-state index contributed by atoms with van der Waals surface area (Å²) in [5, 5.41) is 9.04. The average molecular weight is 402 g/mol. The Kier molecular flexibility index (Phi) is 7.60. The van der Waals surface area contributed by atoms with Crippen LogP contribution in [0.4, 0.5) is 5.69 Å². The molecular weight excluding hydrogens is 370 g/mol. The molecular formula is C21H31N5O3. The first kappa shape index (κ1) is 21.3. The van der Waals surface area contributed by atoms with Crippen molar-refractivity contribution in [1.82, 2.24) is 15.1 Å². The van der Waals surface area contributed by atoms with Gasteiger partial charge in [-0.05, 0) is 39.1 Å². The third kappa shape index (κ3) is 5.77. The molecule has 1 atom stereocenters. The van der Waals surface area contributed by atoms with Gasteiger partial charge in [0.05, 0.1) is 12.3 Å². The number of hydrogen-bond acceptors (Lipinski definition) is 7. The highest BCUT2D eigenvalue weighted by molar-refractivity contribution is 6.38. The van der Waals surface area contributed by atoms with E-state index in [1.165, 1.54) is 0 Å². The van der Waals surface area contributed by atoms with Crippen molar-refractivity contribution in [3.8, 4) is 0 Å². The Morgan fingerprint density at radius 3 is 2.59 bits per heavy atom. The highest BCUT2D eigenvalue weighted by Crippen LogP contribution is 2.25. The van der Waals surface area contributed by atoms with Crippen LogP contribution in [0.15, 0.2) is 35.4 Å². The Morgan fingerprint density at radius 2 is 1.90 bits per heavy atom. The predicted molar refractivity (Wildman–Crippen MR) is 113 cm³/mol. The number of amides is 1. The zero-order valence-corrected chi connectivity index (χ0v) is 17.3. The quantitative estimate of drug-likeness (QED) is 0.516. The molecule has 0 saturated carbocycles. The monoisotopic (exact) mass is 401 g/mol. The topological polar surface area (TPSA) is 77.5 Å². The molecule has 2 aliphatic heterocycles. The molecule has 2 aliphatic rings. The Labute approximate surface area is 172 Å². The maximum Gasteiger partial charge on any atom is 0.354 e. The van der Waals surface area contributed by atoms with Crippen LogP contribution in [0.5, 0.6) is 0 Å². The van der Waals surface area contributed by atoms with Gasteiger partial charge in [-0.3, -0.25) is 9.80 Å². The lowest BCUT2D eigenvalue weighted by Crippen LogP contribution is -2.46. The molecule has 1 N–H and O–H groups in total. The van der Waals surface area contributed by atoms with E-state index in [1.54, 1.807) is 11.9 Å². The number of carbonyl (C=O) groups excluding carboxylic acids is 2. The molecule has 1 fully saturated rings. The van der Waals surface area contributed by atoms with E-state index < -0.39 is 12.0 Å². The summed E-state index contributed by atoms with van der Waals surface area (Å²) in [6.45, 7) is 7.96. The van der Waals surface area contributed by atoms with Gasteiger partial charge in [-0.15, -0.1) is 0 Å². The number of ether oxygens (including phenoxy) is 1. The minimum Gasteiger partial charge on any atom is -0.461 e. The van der Waals surface area contributed by atoms with Crippen LogP contribution in [0.1, 0.15) is 19.8 Å². The summed E-state index contributed by atoms with van der Waals surface area (Å²) in [5.41, 5.74) is 1.07. The highest BCUT2D eigenvalue weighted by Gasteiger charge is 2.36. The van der Waals surface area contributed by atoms with Crippen molar-refractivity contribution in [1.29, 1.82) is 0 Å². The van der Waals surface area contributed by atoms with Crippen molar-refractivity contribution >= 4 is 23.3 Å². The highest BCUT2D eigenvalue weighted by atomic mass is 16.5. The van der Waals surface area contributed by atoms with E-state index in [1.807, 2.05) is 30.3 Å². The lowest BCUT2D eigenvalue weighted by atomic mass is 10.1. The van der Waals surface area contributed by atoms with E-state index in [0.29, 0.717) is 6.54 Å². The summed E-state index contributed by atoms with van der Waals surface area (Å²) >= 11 is 0. The van der Waals surface area contributed by atoms with Crippen molar-refractivity contribution in [3.63, 3.8) is 0 Å². The molecule has 158 valence electrons. The van der Waals surface area contributed by atoms with Gasteiger partial charge in [0.2, 0.25) is 5.91 Å². The number of hydrogen-bond donors (Lipinski definition) is 1. The number of esters is 1. The van der Waals surface area contributed by atoms with Gasteiger partial charge in [-0.25, -0.2) is 4.79 Å². The fourth-order valence-corrected chi connectivity index (χ4v) is 3.57.